The lowest BCUT2D eigenvalue weighted by Crippen LogP contribution is -2.36. The monoisotopic (exact) mass is 259 g/mol. The van der Waals surface area contributed by atoms with E-state index in [4.69, 9.17) is 5.73 Å². The van der Waals surface area contributed by atoms with Gasteiger partial charge in [-0.05, 0) is 6.07 Å². The highest BCUT2D eigenvalue weighted by Crippen LogP contribution is 2.22. The highest BCUT2D eigenvalue weighted by Gasteiger charge is 2.21. The summed E-state index contributed by atoms with van der Waals surface area (Å²) in [7, 11) is 0. The number of β-amino-alcohol motifs (C(OH)–C–C–N with tert-alkyl or cyclic N) is 1. The molecule has 1 aliphatic rings. The van der Waals surface area contributed by atoms with Crippen molar-refractivity contribution in [2.24, 2.45) is 0 Å². The number of fused-ring (bicyclic) bond motifs is 1. The van der Waals surface area contributed by atoms with E-state index in [1.165, 1.54) is 0 Å². The lowest BCUT2D eigenvalue weighted by Gasteiger charge is -2.29. The number of benzene rings is 1. The summed E-state index contributed by atoms with van der Waals surface area (Å²) in [6, 6.07) is 7.44. The summed E-state index contributed by atoms with van der Waals surface area (Å²) in [5.74, 6) is 0.944. The lowest BCUT2D eigenvalue weighted by molar-refractivity contribution is 0.0967. The Morgan fingerprint density at radius 2 is 2.16 bits per heavy atom. The van der Waals surface area contributed by atoms with E-state index in [9.17, 15) is 5.11 Å². The number of para-hydroxylation sites is 1. The van der Waals surface area contributed by atoms with Crippen LogP contribution in [0.3, 0.4) is 0 Å². The molecule has 1 unspecified atom stereocenters. The molecule has 2 heterocycles. The van der Waals surface area contributed by atoms with Gasteiger partial charge in [0, 0.05) is 30.9 Å². The van der Waals surface area contributed by atoms with Gasteiger partial charge >= 0.3 is 0 Å². The maximum atomic E-state index is 10.3. The van der Waals surface area contributed by atoms with Gasteiger partial charge in [-0.15, -0.1) is 10.2 Å². The number of nitrogen functional groups attached to an aromatic ring is 1. The average Bonchev–Trinajstić information content (AvgIpc) is 2.86. The molecule has 1 atom stereocenters. The number of hydrogen-bond acceptors (Lipinski definition) is 5. The Hall–Kier alpha value is -1.92. The van der Waals surface area contributed by atoms with E-state index in [-0.39, 0.29) is 0 Å². The average molecular weight is 259 g/mol. The predicted octanol–water partition coefficient (Wildman–Crippen LogP) is 0.409. The van der Waals surface area contributed by atoms with Crippen molar-refractivity contribution in [2.75, 3.05) is 18.8 Å². The molecule has 6 nitrogen and oxygen atoms in total. The molecule has 0 amide bonds. The van der Waals surface area contributed by atoms with Crippen molar-refractivity contribution < 1.29 is 5.11 Å². The van der Waals surface area contributed by atoms with E-state index in [1.54, 1.807) is 6.33 Å². The Kier molecular flexibility index (Phi) is 3.18. The van der Waals surface area contributed by atoms with Crippen LogP contribution in [0.5, 0.6) is 0 Å². The first kappa shape index (κ1) is 12.1. The van der Waals surface area contributed by atoms with Crippen LogP contribution in [0, 0.1) is 0 Å². The number of aliphatic hydroxyl groups is 1. The summed E-state index contributed by atoms with van der Waals surface area (Å²) in [6.07, 6.45) is 1.17. The van der Waals surface area contributed by atoms with Crippen molar-refractivity contribution in [2.45, 2.75) is 19.2 Å². The van der Waals surface area contributed by atoms with Crippen molar-refractivity contribution in [1.29, 1.82) is 0 Å². The molecule has 2 aromatic rings. The zero-order valence-electron chi connectivity index (χ0n) is 10.6. The molecule has 1 aromatic carbocycles. The lowest BCUT2D eigenvalue weighted by atomic mass is 10.1. The van der Waals surface area contributed by atoms with E-state index >= 15 is 0 Å². The second-order valence-electron chi connectivity index (χ2n) is 4.82. The second kappa shape index (κ2) is 4.99. The summed E-state index contributed by atoms with van der Waals surface area (Å²) in [4.78, 5) is 2.17. The third-order valence-corrected chi connectivity index (χ3v) is 3.50. The maximum absolute atomic E-state index is 10.3. The molecule has 0 aliphatic carbocycles. The maximum Gasteiger partial charge on any atom is 0.147 e. The molecule has 0 bridgehead atoms. The number of nitrogens with two attached hydrogens (primary N) is 1. The molecule has 0 spiro atoms. The van der Waals surface area contributed by atoms with Gasteiger partial charge in [0.2, 0.25) is 0 Å². The van der Waals surface area contributed by atoms with Crippen LogP contribution in [-0.2, 0) is 13.1 Å². The normalized spacial score (nSPS) is 17.1. The van der Waals surface area contributed by atoms with Crippen LogP contribution in [0.25, 0.3) is 0 Å². The first-order chi connectivity index (χ1) is 9.24. The van der Waals surface area contributed by atoms with Crippen LogP contribution in [0.1, 0.15) is 17.5 Å². The molecule has 6 heteroatoms. The quantitative estimate of drug-likeness (QED) is 0.780. The van der Waals surface area contributed by atoms with Crippen molar-refractivity contribution >= 4 is 5.69 Å². The van der Waals surface area contributed by atoms with Gasteiger partial charge in [-0.3, -0.25) is 4.90 Å². The standard InChI is InChI=1S/C13H17N5O/c14-11-4-2-1-3-10(11)12(19)7-17-5-6-18-9-15-16-13(18)8-17/h1-4,9,12,19H,5-8,14H2. The Morgan fingerprint density at radius 1 is 1.32 bits per heavy atom. The topological polar surface area (TPSA) is 80.2 Å². The fraction of sp³-hybridized carbons (Fsp3) is 0.385. The minimum Gasteiger partial charge on any atom is -0.398 e. The van der Waals surface area contributed by atoms with Crippen molar-refractivity contribution in [3.8, 4) is 0 Å². The molecule has 0 saturated heterocycles. The molecule has 1 aromatic heterocycles. The van der Waals surface area contributed by atoms with Crippen molar-refractivity contribution in [1.82, 2.24) is 19.7 Å². The Balaban J connectivity index is 1.68. The molecule has 0 saturated carbocycles. The summed E-state index contributed by atoms with van der Waals surface area (Å²) >= 11 is 0. The van der Waals surface area contributed by atoms with Gasteiger partial charge < -0.3 is 15.4 Å². The number of aliphatic hydroxyl groups excluding tert-OH is 1. The molecule has 100 valence electrons. The number of hydrogen-bond donors (Lipinski definition) is 2. The van der Waals surface area contributed by atoms with Gasteiger partial charge in [0.25, 0.3) is 0 Å². The summed E-state index contributed by atoms with van der Waals surface area (Å²) in [6.45, 7) is 3.01. The number of rotatable bonds is 3. The number of anilines is 1. The Bertz CT molecular complexity index is 568. The van der Waals surface area contributed by atoms with Crippen LogP contribution in [-0.4, -0.2) is 37.9 Å². The largest absolute Gasteiger partial charge is 0.398 e. The van der Waals surface area contributed by atoms with Gasteiger partial charge in [0.05, 0.1) is 12.6 Å². The number of nitrogens with zero attached hydrogens (tertiary/aromatic N) is 4. The highest BCUT2D eigenvalue weighted by atomic mass is 16.3. The van der Waals surface area contributed by atoms with E-state index in [0.29, 0.717) is 18.8 Å². The van der Waals surface area contributed by atoms with Crippen molar-refractivity contribution in [3.63, 3.8) is 0 Å². The molecular weight excluding hydrogens is 242 g/mol. The third kappa shape index (κ3) is 2.45. The van der Waals surface area contributed by atoms with Crippen LogP contribution in [0.4, 0.5) is 5.69 Å². The van der Waals surface area contributed by atoms with Gasteiger partial charge in [-0.2, -0.15) is 0 Å². The number of aromatic nitrogens is 3. The second-order valence-corrected chi connectivity index (χ2v) is 4.82. The first-order valence-corrected chi connectivity index (χ1v) is 6.35. The van der Waals surface area contributed by atoms with Gasteiger partial charge in [0.15, 0.2) is 0 Å². The van der Waals surface area contributed by atoms with E-state index in [1.807, 2.05) is 28.8 Å². The Morgan fingerprint density at radius 3 is 3.00 bits per heavy atom. The molecule has 3 N–H and O–H groups in total. The first-order valence-electron chi connectivity index (χ1n) is 6.35. The minimum atomic E-state index is -0.573. The summed E-state index contributed by atoms with van der Waals surface area (Å²) < 4.78 is 2.04. The third-order valence-electron chi connectivity index (χ3n) is 3.50. The minimum absolute atomic E-state index is 0.557. The summed E-state index contributed by atoms with van der Waals surface area (Å²) in [5.41, 5.74) is 7.30. The van der Waals surface area contributed by atoms with Crippen molar-refractivity contribution in [3.05, 3.63) is 42.0 Å². The molecular formula is C13H17N5O. The van der Waals surface area contributed by atoms with Crippen LogP contribution in [0.2, 0.25) is 0 Å². The smallest absolute Gasteiger partial charge is 0.147 e. The van der Waals surface area contributed by atoms with E-state index in [0.717, 1.165) is 24.5 Å². The van der Waals surface area contributed by atoms with Crippen LogP contribution < -0.4 is 5.73 Å². The predicted molar refractivity (Wildman–Crippen MR) is 71.1 cm³/mol. The van der Waals surface area contributed by atoms with Gasteiger partial charge in [-0.1, -0.05) is 18.2 Å². The molecule has 1 aliphatic heterocycles. The molecule has 0 fully saturated rings. The molecule has 0 radical (unpaired) electrons. The zero-order chi connectivity index (χ0) is 13.2. The zero-order valence-corrected chi connectivity index (χ0v) is 10.6. The molecule has 19 heavy (non-hydrogen) atoms. The molecule has 3 rings (SSSR count). The van der Waals surface area contributed by atoms with E-state index in [2.05, 4.69) is 15.1 Å². The fourth-order valence-electron chi connectivity index (χ4n) is 2.43. The van der Waals surface area contributed by atoms with Gasteiger partial charge in [-0.25, -0.2) is 0 Å². The van der Waals surface area contributed by atoms with Crippen LogP contribution >= 0.6 is 0 Å². The summed E-state index contributed by atoms with van der Waals surface area (Å²) in [5, 5.41) is 18.3. The SMILES string of the molecule is Nc1ccccc1C(O)CN1CCn2cnnc2C1. The fourth-order valence-corrected chi connectivity index (χ4v) is 2.43. The highest BCUT2D eigenvalue weighted by molar-refractivity contribution is 5.47. The van der Waals surface area contributed by atoms with Crippen LogP contribution in [0.15, 0.2) is 30.6 Å². The Labute approximate surface area is 111 Å². The van der Waals surface area contributed by atoms with Gasteiger partial charge in [0.1, 0.15) is 12.2 Å². The van der Waals surface area contributed by atoms with E-state index < -0.39 is 6.10 Å².